The van der Waals surface area contributed by atoms with Crippen molar-refractivity contribution in [2.24, 2.45) is 5.14 Å². The molecule has 21 heavy (non-hydrogen) atoms. The first-order chi connectivity index (χ1) is 9.44. The van der Waals surface area contributed by atoms with Gasteiger partial charge in [-0.25, -0.2) is 26.7 Å². The molecule has 0 aliphatic rings. The highest BCUT2D eigenvalue weighted by Crippen LogP contribution is 2.29. The van der Waals surface area contributed by atoms with E-state index in [2.05, 4.69) is 0 Å². The van der Waals surface area contributed by atoms with Gasteiger partial charge < -0.3 is 0 Å². The quantitative estimate of drug-likeness (QED) is 0.545. The molecule has 9 nitrogen and oxygen atoms in total. The largest absolute Gasteiger partial charge is 0.289 e. The summed E-state index contributed by atoms with van der Waals surface area (Å²) in [5.41, 5.74) is -0.372. The van der Waals surface area contributed by atoms with Gasteiger partial charge in [0.05, 0.1) is 15.6 Å². The van der Waals surface area contributed by atoms with Crippen molar-refractivity contribution in [3.63, 3.8) is 0 Å². The summed E-state index contributed by atoms with van der Waals surface area (Å²) in [7, 11) is -7.94. The van der Waals surface area contributed by atoms with E-state index in [1.807, 2.05) is 4.72 Å². The maximum atomic E-state index is 12.0. The predicted octanol–water partition coefficient (Wildman–Crippen LogP) is 0.123. The van der Waals surface area contributed by atoms with E-state index in [0.717, 1.165) is 12.1 Å². The van der Waals surface area contributed by atoms with Gasteiger partial charge in [-0.3, -0.25) is 10.1 Å². The van der Waals surface area contributed by atoms with Crippen molar-refractivity contribution >= 4 is 37.3 Å². The zero-order valence-electron chi connectivity index (χ0n) is 10.7. The molecule has 0 saturated heterocycles. The Morgan fingerprint density at radius 3 is 2.38 bits per heavy atom. The zero-order valence-corrected chi connectivity index (χ0v) is 13.1. The van der Waals surface area contributed by atoms with E-state index in [4.69, 9.17) is 16.7 Å². The fourth-order valence-electron chi connectivity index (χ4n) is 1.47. The minimum Gasteiger partial charge on any atom is -0.258 e. The van der Waals surface area contributed by atoms with E-state index in [9.17, 15) is 26.9 Å². The van der Waals surface area contributed by atoms with Crippen molar-refractivity contribution in [3.8, 4) is 0 Å². The van der Waals surface area contributed by atoms with Crippen molar-refractivity contribution in [2.75, 3.05) is 12.3 Å². The number of nitro benzene ring substituents is 1. The third kappa shape index (κ3) is 4.89. The topological polar surface area (TPSA) is 149 Å². The summed E-state index contributed by atoms with van der Waals surface area (Å²) in [6.07, 6.45) is 0. The van der Waals surface area contributed by atoms with Crippen molar-refractivity contribution in [1.29, 1.82) is 0 Å². The summed E-state index contributed by atoms with van der Waals surface area (Å²) < 4.78 is 47.5. The molecule has 118 valence electrons. The summed E-state index contributed by atoms with van der Waals surface area (Å²) in [5, 5.41) is 15.3. The van der Waals surface area contributed by atoms with Gasteiger partial charge in [0, 0.05) is 12.6 Å². The van der Waals surface area contributed by atoms with E-state index in [-0.39, 0.29) is 15.5 Å². The highest BCUT2D eigenvalue weighted by molar-refractivity contribution is 7.90. The van der Waals surface area contributed by atoms with Crippen LogP contribution >= 0.6 is 11.6 Å². The molecule has 0 unspecified atom stereocenters. The molecule has 0 aliphatic heterocycles. The lowest BCUT2D eigenvalue weighted by Gasteiger charge is -2.09. The fraction of sp³-hybridized carbons (Fsp3) is 0.333. The lowest BCUT2D eigenvalue weighted by Crippen LogP contribution is -2.31. The Bertz CT molecular complexity index is 775. The molecular formula is C9H12ClN3O6S2. The lowest BCUT2D eigenvalue weighted by molar-refractivity contribution is -0.384. The Hall–Kier alpha value is -1.27. The molecule has 1 rings (SSSR count). The van der Waals surface area contributed by atoms with Crippen LogP contribution in [0.3, 0.4) is 0 Å². The van der Waals surface area contributed by atoms with Crippen LogP contribution in [0.15, 0.2) is 17.0 Å². The smallest absolute Gasteiger partial charge is 0.258 e. The van der Waals surface area contributed by atoms with E-state index in [1.54, 1.807) is 0 Å². The average molecular weight is 358 g/mol. The number of rotatable bonds is 6. The molecule has 0 radical (unpaired) electrons. The van der Waals surface area contributed by atoms with Gasteiger partial charge in [0.25, 0.3) is 5.69 Å². The van der Waals surface area contributed by atoms with Gasteiger partial charge in [-0.05, 0) is 18.6 Å². The third-order valence-electron chi connectivity index (χ3n) is 2.41. The van der Waals surface area contributed by atoms with Crippen LogP contribution in [0.25, 0.3) is 0 Å². The fourth-order valence-corrected chi connectivity index (χ4v) is 3.55. The van der Waals surface area contributed by atoms with Crippen LogP contribution < -0.4 is 9.86 Å². The van der Waals surface area contributed by atoms with Crippen LogP contribution in [0.4, 0.5) is 5.69 Å². The molecule has 0 aromatic heterocycles. The van der Waals surface area contributed by atoms with Crippen LogP contribution in [-0.2, 0) is 20.0 Å². The molecule has 12 heteroatoms. The van der Waals surface area contributed by atoms with E-state index in [1.165, 1.54) is 6.92 Å². The second kappa shape index (κ2) is 6.23. The predicted molar refractivity (Wildman–Crippen MR) is 76.0 cm³/mol. The Labute approximate surface area is 126 Å². The number of aryl methyl sites for hydroxylation is 1. The Kier molecular flexibility index (Phi) is 5.28. The third-order valence-corrected chi connectivity index (χ3v) is 5.09. The van der Waals surface area contributed by atoms with Gasteiger partial charge in [0.2, 0.25) is 20.0 Å². The highest BCUT2D eigenvalue weighted by Gasteiger charge is 2.23. The van der Waals surface area contributed by atoms with Crippen LogP contribution in [0, 0.1) is 17.0 Å². The standard InChI is InChI=1S/C9H12ClN3O6S2/c1-6-4-7(10)8(13(14)15)5-9(6)21(18,19)12-2-3-20(11,16)17/h4-5,12H,2-3H2,1H3,(H2,11,16,17). The van der Waals surface area contributed by atoms with Gasteiger partial charge in [-0.15, -0.1) is 0 Å². The number of hydrogen-bond donors (Lipinski definition) is 2. The van der Waals surface area contributed by atoms with E-state index >= 15 is 0 Å². The summed E-state index contributed by atoms with van der Waals surface area (Å²) >= 11 is 5.66. The first kappa shape index (κ1) is 17.8. The Balaban J connectivity index is 3.14. The number of primary sulfonamides is 1. The number of halogens is 1. The molecule has 1 aromatic carbocycles. The van der Waals surface area contributed by atoms with E-state index in [0.29, 0.717) is 0 Å². The van der Waals surface area contributed by atoms with Crippen LogP contribution in [0.5, 0.6) is 0 Å². The number of nitrogens with zero attached hydrogens (tertiary/aromatic N) is 1. The minimum atomic E-state index is -4.12. The maximum Gasteiger partial charge on any atom is 0.289 e. The number of sulfonamides is 2. The number of benzene rings is 1. The van der Waals surface area contributed by atoms with Crippen molar-refractivity contribution in [1.82, 2.24) is 4.72 Å². The zero-order chi connectivity index (χ0) is 16.4. The number of hydrogen-bond acceptors (Lipinski definition) is 6. The molecule has 0 atom stereocenters. The Morgan fingerprint density at radius 1 is 1.33 bits per heavy atom. The van der Waals surface area contributed by atoms with Gasteiger partial charge in [0.15, 0.2) is 0 Å². The summed E-state index contributed by atoms with van der Waals surface area (Å²) in [4.78, 5) is 9.60. The van der Waals surface area contributed by atoms with Crippen LogP contribution in [-0.4, -0.2) is 34.1 Å². The highest BCUT2D eigenvalue weighted by atomic mass is 35.5. The second-order valence-corrected chi connectivity index (χ2v) is 7.97. The SMILES string of the molecule is Cc1cc(Cl)c([N+](=O)[O-])cc1S(=O)(=O)NCCS(N)(=O)=O. The van der Waals surface area contributed by atoms with Crippen LogP contribution in [0.2, 0.25) is 5.02 Å². The van der Waals surface area contributed by atoms with Gasteiger partial charge in [-0.1, -0.05) is 11.6 Å². The van der Waals surface area contributed by atoms with Crippen molar-refractivity contribution < 1.29 is 21.8 Å². The van der Waals surface area contributed by atoms with Gasteiger partial charge in [-0.2, -0.15) is 0 Å². The first-order valence-electron chi connectivity index (χ1n) is 5.39. The van der Waals surface area contributed by atoms with Crippen LogP contribution in [0.1, 0.15) is 5.56 Å². The van der Waals surface area contributed by atoms with E-state index < -0.39 is 43.0 Å². The molecule has 0 saturated carbocycles. The average Bonchev–Trinajstić information content (AvgIpc) is 2.25. The molecule has 3 N–H and O–H groups in total. The number of nitro groups is 1. The van der Waals surface area contributed by atoms with Gasteiger partial charge in [0.1, 0.15) is 5.02 Å². The summed E-state index contributed by atoms with van der Waals surface area (Å²) in [5.74, 6) is -0.596. The molecule has 0 bridgehead atoms. The molecule has 0 aliphatic carbocycles. The van der Waals surface area contributed by atoms with Gasteiger partial charge >= 0.3 is 0 Å². The molecule has 0 spiro atoms. The number of nitrogens with two attached hydrogens (primary N) is 1. The molecule has 0 amide bonds. The lowest BCUT2D eigenvalue weighted by atomic mass is 10.2. The molecule has 0 heterocycles. The monoisotopic (exact) mass is 357 g/mol. The Morgan fingerprint density at radius 2 is 1.90 bits per heavy atom. The molecular weight excluding hydrogens is 346 g/mol. The summed E-state index contributed by atoms with van der Waals surface area (Å²) in [6, 6.07) is 1.96. The van der Waals surface area contributed by atoms with Crippen molar-refractivity contribution in [2.45, 2.75) is 11.8 Å². The maximum absolute atomic E-state index is 12.0. The minimum absolute atomic E-state index is 0.189. The molecule has 0 fully saturated rings. The number of nitrogens with one attached hydrogen (secondary N) is 1. The molecule has 1 aromatic rings. The van der Waals surface area contributed by atoms with Crippen molar-refractivity contribution in [3.05, 3.63) is 32.8 Å². The first-order valence-corrected chi connectivity index (χ1v) is 8.96. The summed E-state index contributed by atoms with van der Waals surface area (Å²) in [6.45, 7) is 0.959. The second-order valence-electron chi connectivity index (χ2n) is 4.09. The normalized spacial score (nSPS) is 12.3.